The molecule has 4 nitrogen and oxygen atoms in total. The van der Waals surface area contributed by atoms with Gasteiger partial charge in [0.15, 0.2) is 0 Å². The first-order valence-corrected chi connectivity index (χ1v) is 5.45. The van der Waals surface area contributed by atoms with Crippen molar-refractivity contribution in [2.24, 2.45) is 0 Å². The van der Waals surface area contributed by atoms with Crippen LogP contribution < -0.4 is 11.1 Å². The summed E-state index contributed by atoms with van der Waals surface area (Å²) < 4.78 is 0. The van der Waals surface area contributed by atoms with Gasteiger partial charge >= 0.3 is 0 Å². The fraction of sp³-hybridized carbons (Fsp3) is 0.300. The van der Waals surface area contributed by atoms with E-state index in [1.807, 2.05) is 0 Å². The topological polar surface area (TPSA) is 75.4 Å². The van der Waals surface area contributed by atoms with Crippen LogP contribution in [0.4, 0.5) is 5.69 Å². The number of carbonyl (C=O) groups is 1. The molecule has 6 heteroatoms. The van der Waals surface area contributed by atoms with E-state index in [4.69, 9.17) is 34.0 Å². The second kappa shape index (κ2) is 5.94. The van der Waals surface area contributed by atoms with Crippen molar-refractivity contribution in [1.82, 2.24) is 5.32 Å². The van der Waals surface area contributed by atoms with E-state index in [0.29, 0.717) is 18.5 Å². The van der Waals surface area contributed by atoms with Gasteiger partial charge in [0.25, 0.3) is 5.91 Å². The van der Waals surface area contributed by atoms with Gasteiger partial charge in [-0.15, -0.1) is 0 Å². The van der Waals surface area contributed by atoms with Gasteiger partial charge in [-0.3, -0.25) is 4.79 Å². The third-order valence-corrected chi connectivity index (χ3v) is 2.76. The maximum Gasteiger partial charge on any atom is 0.251 e. The van der Waals surface area contributed by atoms with Gasteiger partial charge in [0.2, 0.25) is 0 Å². The molecule has 16 heavy (non-hydrogen) atoms. The molecule has 0 radical (unpaired) electrons. The molecule has 4 N–H and O–H groups in total. The van der Waals surface area contributed by atoms with Gasteiger partial charge in [-0.25, -0.2) is 0 Å². The van der Waals surface area contributed by atoms with Crippen molar-refractivity contribution >= 4 is 34.8 Å². The van der Waals surface area contributed by atoms with Crippen LogP contribution >= 0.6 is 23.2 Å². The van der Waals surface area contributed by atoms with E-state index in [-0.39, 0.29) is 28.2 Å². The van der Waals surface area contributed by atoms with Crippen molar-refractivity contribution in [3.05, 3.63) is 27.7 Å². The minimum atomic E-state index is -0.293. The number of nitrogen functional groups attached to an aromatic ring is 1. The minimum absolute atomic E-state index is 0.0315. The Balaban J connectivity index is 2.76. The highest BCUT2D eigenvalue weighted by atomic mass is 35.5. The number of aliphatic hydroxyl groups is 1. The molecule has 0 aliphatic rings. The highest BCUT2D eigenvalue weighted by Crippen LogP contribution is 2.29. The molecule has 1 rings (SSSR count). The molecular formula is C10H12Cl2N2O2. The molecule has 0 bridgehead atoms. The first-order chi connectivity index (χ1) is 7.56. The Hall–Kier alpha value is -0.970. The molecular weight excluding hydrogens is 251 g/mol. The highest BCUT2D eigenvalue weighted by molar-refractivity contribution is 6.43. The van der Waals surface area contributed by atoms with E-state index in [1.165, 1.54) is 12.1 Å². The summed E-state index contributed by atoms with van der Waals surface area (Å²) in [6.07, 6.45) is 0.503. The van der Waals surface area contributed by atoms with Gasteiger partial charge in [-0.05, 0) is 18.6 Å². The number of hydrogen-bond donors (Lipinski definition) is 3. The van der Waals surface area contributed by atoms with Crippen molar-refractivity contribution in [2.75, 3.05) is 18.9 Å². The number of aliphatic hydroxyl groups excluding tert-OH is 1. The fourth-order valence-electron chi connectivity index (χ4n) is 1.12. The molecule has 88 valence electrons. The lowest BCUT2D eigenvalue weighted by Crippen LogP contribution is -2.25. The average Bonchev–Trinajstić information content (AvgIpc) is 2.25. The predicted molar refractivity (Wildman–Crippen MR) is 64.9 cm³/mol. The van der Waals surface area contributed by atoms with Crippen molar-refractivity contribution in [1.29, 1.82) is 0 Å². The molecule has 0 aliphatic carbocycles. The Kier molecular flexibility index (Phi) is 4.86. The van der Waals surface area contributed by atoms with Crippen molar-refractivity contribution in [2.45, 2.75) is 6.42 Å². The molecule has 0 unspecified atom stereocenters. The SMILES string of the molecule is Nc1cc(C(=O)NCCCO)cc(Cl)c1Cl. The highest BCUT2D eigenvalue weighted by Gasteiger charge is 2.10. The second-order valence-electron chi connectivity index (χ2n) is 3.19. The van der Waals surface area contributed by atoms with Crippen molar-refractivity contribution in [3.8, 4) is 0 Å². The molecule has 0 atom stereocenters. The number of amides is 1. The number of anilines is 1. The van der Waals surface area contributed by atoms with Crippen LogP contribution in [-0.2, 0) is 0 Å². The summed E-state index contributed by atoms with van der Waals surface area (Å²) in [5, 5.41) is 11.7. The number of benzene rings is 1. The molecule has 0 fully saturated rings. The lowest BCUT2D eigenvalue weighted by atomic mass is 10.2. The summed E-state index contributed by atoms with van der Waals surface area (Å²) >= 11 is 11.6. The molecule has 0 heterocycles. The number of rotatable bonds is 4. The molecule has 1 aromatic rings. The maximum atomic E-state index is 11.6. The van der Waals surface area contributed by atoms with Crippen LogP contribution in [0, 0.1) is 0 Å². The Morgan fingerprint density at radius 2 is 2.12 bits per heavy atom. The zero-order valence-corrected chi connectivity index (χ0v) is 9.98. The van der Waals surface area contributed by atoms with Crippen LogP contribution in [0.3, 0.4) is 0 Å². The third kappa shape index (κ3) is 3.27. The number of halogens is 2. The van der Waals surface area contributed by atoms with Crippen molar-refractivity contribution in [3.63, 3.8) is 0 Å². The largest absolute Gasteiger partial charge is 0.397 e. The van der Waals surface area contributed by atoms with E-state index in [2.05, 4.69) is 5.32 Å². The van der Waals surface area contributed by atoms with E-state index in [1.54, 1.807) is 0 Å². The first-order valence-electron chi connectivity index (χ1n) is 4.70. The van der Waals surface area contributed by atoms with Crippen LogP contribution in [-0.4, -0.2) is 24.2 Å². The molecule has 0 saturated heterocycles. The van der Waals surface area contributed by atoms with Gasteiger partial charge in [0, 0.05) is 18.7 Å². The van der Waals surface area contributed by atoms with E-state index >= 15 is 0 Å². The van der Waals surface area contributed by atoms with Crippen LogP contribution in [0.2, 0.25) is 10.0 Å². The molecule has 0 aliphatic heterocycles. The van der Waals surface area contributed by atoms with Crippen LogP contribution in [0.25, 0.3) is 0 Å². The molecule has 0 aromatic heterocycles. The molecule has 0 saturated carbocycles. The Bertz CT molecular complexity index is 373. The lowest BCUT2D eigenvalue weighted by molar-refractivity contribution is 0.0951. The number of carbonyl (C=O) groups excluding carboxylic acids is 1. The summed E-state index contributed by atoms with van der Waals surface area (Å²) in [4.78, 5) is 11.6. The normalized spacial score (nSPS) is 10.2. The number of nitrogens with one attached hydrogen (secondary N) is 1. The zero-order valence-electron chi connectivity index (χ0n) is 8.46. The summed E-state index contributed by atoms with van der Waals surface area (Å²) in [5.74, 6) is -0.293. The summed E-state index contributed by atoms with van der Waals surface area (Å²) in [7, 11) is 0. The quantitative estimate of drug-likeness (QED) is 0.571. The third-order valence-electron chi connectivity index (χ3n) is 1.94. The molecule has 1 aromatic carbocycles. The predicted octanol–water partition coefficient (Wildman–Crippen LogP) is 1.69. The smallest absolute Gasteiger partial charge is 0.251 e. The van der Waals surface area contributed by atoms with Gasteiger partial charge in [-0.2, -0.15) is 0 Å². The summed E-state index contributed by atoms with van der Waals surface area (Å²) in [6, 6.07) is 2.91. The van der Waals surface area contributed by atoms with Gasteiger partial charge < -0.3 is 16.2 Å². The maximum absolute atomic E-state index is 11.6. The zero-order chi connectivity index (χ0) is 12.1. The van der Waals surface area contributed by atoms with E-state index < -0.39 is 0 Å². The number of hydrogen-bond acceptors (Lipinski definition) is 3. The molecule has 1 amide bonds. The van der Waals surface area contributed by atoms with Crippen LogP contribution in [0.1, 0.15) is 16.8 Å². The van der Waals surface area contributed by atoms with Crippen LogP contribution in [0.5, 0.6) is 0 Å². The Morgan fingerprint density at radius 1 is 1.44 bits per heavy atom. The monoisotopic (exact) mass is 262 g/mol. The summed E-state index contributed by atoms with van der Waals surface area (Å²) in [5.41, 5.74) is 6.19. The second-order valence-corrected chi connectivity index (χ2v) is 3.98. The summed E-state index contributed by atoms with van der Waals surface area (Å²) in [6.45, 7) is 0.430. The van der Waals surface area contributed by atoms with Crippen LogP contribution in [0.15, 0.2) is 12.1 Å². The minimum Gasteiger partial charge on any atom is -0.397 e. The lowest BCUT2D eigenvalue weighted by Gasteiger charge is -2.07. The van der Waals surface area contributed by atoms with Crippen molar-refractivity contribution < 1.29 is 9.90 Å². The van der Waals surface area contributed by atoms with E-state index in [9.17, 15) is 4.79 Å². The Labute approximate surface area is 103 Å². The van der Waals surface area contributed by atoms with Gasteiger partial charge in [0.05, 0.1) is 15.7 Å². The van der Waals surface area contributed by atoms with Gasteiger partial charge in [0.1, 0.15) is 0 Å². The fourth-order valence-corrected chi connectivity index (χ4v) is 1.46. The Morgan fingerprint density at radius 3 is 2.69 bits per heavy atom. The average molecular weight is 263 g/mol. The van der Waals surface area contributed by atoms with E-state index in [0.717, 1.165) is 0 Å². The first kappa shape index (κ1) is 13.1. The standard InChI is InChI=1S/C10H12Cl2N2O2/c11-7-4-6(5-8(13)9(7)12)10(16)14-2-1-3-15/h4-5,15H,1-3,13H2,(H,14,16). The molecule has 0 spiro atoms. The number of nitrogens with two attached hydrogens (primary N) is 1. The van der Waals surface area contributed by atoms with Gasteiger partial charge in [-0.1, -0.05) is 23.2 Å².